The van der Waals surface area contributed by atoms with Crippen LogP contribution in [0.25, 0.3) is 11.1 Å². The van der Waals surface area contributed by atoms with Crippen LogP contribution in [0.1, 0.15) is 28.9 Å². The molecule has 3 nitrogen and oxygen atoms in total. The number of benzene rings is 3. The van der Waals surface area contributed by atoms with Crippen LogP contribution >= 0.6 is 0 Å². The van der Waals surface area contributed by atoms with Crippen LogP contribution in [0.15, 0.2) is 78.9 Å². The largest absolute Gasteiger partial charge is 0.389 e. The number of hydrogen-bond donors (Lipinski definition) is 2. The molecular weight excluding hydrogens is 298 g/mol. The van der Waals surface area contributed by atoms with Gasteiger partial charge in [0.2, 0.25) is 0 Å². The molecule has 0 bridgehead atoms. The number of aliphatic hydroxyl groups is 1. The van der Waals surface area contributed by atoms with Crippen LogP contribution < -0.4 is 5.32 Å². The maximum atomic E-state index is 12.4. The minimum absolute atomic E-state index is 0.169. The monoisotopic (exact) mass is 317 g/mol. The summed E-state index contributed by atoms with van der Waals surface area (Å²) in [6.45, 7) is 1.70. The Morgan fingerprint density at radius 3 is 2.21 bits per heavy atom. The third-order valence-electron chi connectivity index (χ3n) is 3.88. The first-order chi connectivity index (χ1) is 11.6. The zero-order valence-electron chi connectivity index (χ0n) is 13.4. The summed E-state index contributed by atoms with van der Waals surface area (Å²) in [6.07, 6.45) is -0.563. The Bertz CT molecular complexity index is 824. The van der Waals surface area contributed by atoms with E-state index in [4.69, 9.17) is 0 Å². The third kappa shape index (κ3) is 3.70. The molecule has 3 aromatic carbocycles. The molecule has 0 spiro atoms. The minimum Gasteiger partial charge on any atom is -0.389 e. The standard InChI is InChI=1S/C21H19NO2/c1-15(23)19-8-5-9-20(14-19)22-21(24)18-12-10-17(11-13-18)16-6-3-2-4-7-16/h2-15,23H,1H3,(H,22,24). The van der Waals surface area contributed by atoms with Crippen molar-refractivity contribution in [1.82, 2.24) is 0 Å². The highest BCUT2D eigenvalue weighted by molar-refractivity contribution is 6.04. The van der Waals surface area contributed by atoms with Gasteiger partial charge in [0.1, 0.15) is 0 Å². The van der Waals surface area contributed by atoms with E-state index in [-0.39, 0.29) is 5.91 Å². The van der Waals surface area contributed by atoms with Gasteiger partial charge in [-0.25, -0.2) is 0 Å². The summed E-state index contributed by atoms with van der Waals surface area (Å²) in [7, 11) is 0. The first-order valence-electron chi connectivity index (χ1n) is 7.88. The lowest BCUT2D eigenvalue weighted by Gasteiger charge is -2.09. The van der Waals surface area contributed by atoms with Gasteiger partial charge in [0, 0.05) is 11.3 Å². The van der Waals surface area contributed by atoms with Gasteiger partial charge >= 0.3 is 0 Å². The fourth-order valence-corrected chi connectivity index (χ4v) is 2.52. The van der Waals surface area contributed by atoms with Crippen molar-refractivity contribution in [2.24, 2.45) is 0 Å². The second kappa shape index (κ2) is 7.11. The molecule has 3 aromatic rings. The Morgan fingerprint density at radius 1 is 0.875 bits per heavy atom. The molecule has 0 radical (unpaired) electrons. The summed E-state index contributed by atoms with van der Waals surface area (Å²) >= 11 is 0. The lowest BCUT2D eigenvalue weighted by Crippen LogP contribution is -2.12. The molecule has 0 aliphatic heterocycles. The number of aliphatic hydroxyl groups excluding tert-OH is 1. The van der Waals surface area contributed by atoms with Gasteiger partial charge in [0.15, 0.2) is 0 Å². The minimum atomic E-state index is -0.563. The third-order valence-corrected chi connectivity index (χ3v) is 3.88. The summed E-state index contributed by atoms with van der Waals surface area (Å²) in [4.78, 5) is 12.4. The molecule has 0 aliphatic carbocycles. The fourth-order valence-electron chi connectivity index (χ4n) is 2.52. The Hall–Kier alpha value is -2.91. The van der Waals surface area contributed by atoms with Crippen LogP contribution in [0.4, 0.5) is 5.69 Å². The van der Waals surface area contributed by atoms with Crippen molar-refractivity contribution in [2.45, 2.75) is 13.0 Å². The molecule has 0 aliphatic rings. The van der Waals surface area contributed by atoms with Gasteiger partial charge in [-0.2, -0.15) is 0 Å². The molecular formula is C21H19NO2. The molecule has 0 fully saturated rings. The molecule has 0 aromatic heterocycles. The van der Waals surface area contributed by atoms with E-state index in [9.17, 15) is 9.90 Å². The first-order valence-corrected chi connectivity index (χ1v) is 7.88. The molecule has 1 amide bonds. The van der Waals surface area contributed by atoms with E-state index in [2.05, 4.69) is 5.32 Å². The maximum Gasteiger partial charge on any atom is 0.255 e. The van der Waals surface area contributed by atoms with Crippen molar-refractivity contribution in [1.29, 1.82) is 0 Å². The Balaban J connectivity index is 1.75. The highest BCUT2D eigenvalue weighted by Gasteiger charge is 2.08. The first kappa shape index (κ1) is 16.0. The molecule has 1 unspecified atom stereocenters. The summed E-state index contributed by atoms with van der Waals surface area (Å²) in [5.41, 5.74) is 4.23. The SMILES string of the molecule is CC(O)c1cccc(NC(=O)c2ccc(-c3ccccc3)cc2)c1. The lowest BCUT2D eigenvalue weighted by atomic mass is 10.0. The lowest BCUT2D eigenvalue weighted by molar-refractivity contribution is 0.102. The Kier molecular flexibility index (Phi) is 4.73. The second-order valence-electron chi connectivity index (χ2n) is 5.70. The topological polar surface area (TPSA) is 49.3 Å². The molecule has 0 saturated heterocycles. The van der Waals surface area contributed by atoms with Crippen molar-refractivity contribution in [3.05, 3.63) is 90.0 Å². The number of amides is 1. The van der Waals surface area contributed by atoms with Gasteiger partial charge in [-0.3, -0.25) is 4.79 Å². The number of hydrogen-bond acceptors (Lipinski definition) is 2. The van der Waals surface area contributed by atoms with Crippen LogP contribution in [0.2, 0.25) is 0 Å². The average molecular weight is 317 g/mol. The van der Waals surface area contributed by atoms with Gasteiger partial charge in [-0.05, 0) is 47.9 Å². The van der Waals surface area contributed by atoms with Crippen molar-refractivity contribution >= 4 is 11.6 Å². The molecule has 1 atom stereocenters. The van der Waals surface area contributed by atoms with Crippen LogP contribution in [0, 0.1) is 0 Å². The van der Waals surface area contributed by atoms with Crippen molar-refractivity contribution < 1.29 is 9.90 Å². The van der Waals surface area contributed by atoms with Gasteiger partial charge in [0.25, 0.3) is 5.91 Å². The highest BCUT2D eigenvalue weighted by Crippen LogP contribution is 2.21. The number of rotatable bonds is 4. The zero-order valence-corrected chi connectivity index (χ0v) is 13.4. The zero-order chi connectivity index (χ0) is 16.9. The van der Waals surface area contributed by atoms with E-state index in [0.29, 0.717) is 11.3 Å². The summed E-state index contributed by atoms with van der Waals surface area (Å²) < 4.78 is 0. The summed E-state index contributed by atoms with van der Waals surface area (Å²) in [5, 5.41) is 12.5. The molecule has 2 N–H and O–H groups in total. The molecule has 0 heterocycles. The van der Waals surface area contributed by atoms with E-state index in [1.165, 1.54) is 0 Å². The van der Waals surface area contributed by atoms with Crippen molar-refractivity contribution in [3.63, 3.8) is 0 Å². The highest BCUT2D eigenvalue weighted by atomic mass is 16.3. The predicted octanol–water partition coefficient (Wildman–Crippen LogP) is 4.66. The van der Waals surface area contributed by atoms with Crippen LogP contribution in [0.5, 0.6) is 0 Å². The van der Waals surface area contributed by atoms with Crippen LogP contribution in [-0.4, -0.2) is 11.0 Å². The van der Waals surface area contributed by atoms with Crippen LogP contribution in [-0.2, 0) is 0 Å². The van der Waals surface area contributed by atoms with Gasteiger partial charge in [-0.1, -0.05) is 54.6 Å². The Morgan fingerprint density at radius 2 is 1.54 bits per heavy atom. The normalized spacial score (nSPS) is 11.8. The van der Waals surface area contributed by atoms with E-state index >= 15 is 0 Å². The molecule has 3 heteroatoms. The van der Waals surface area contributed by atoms with E-state index in [1.54, 1.807) is 13.0 Å². The van der Waals surface area contributed by atoms with Gasteiger partial charge in [0.05, 0.1) is 6.10 Å². The average Bonchev–Trinajstić information content (AvgIpc) is 2.63. The van der Waals surface area contributed by atoms with E-state index in [1.807, 2.05) is 72.8 Å². The molecule has 0 saturated carbocycles. The molecule has 3 rings (SSSR count). The Labute approximate surface area is 141 Å². The number of nitrogens with one attached hydrogen (secondary N) is 1. The molecule has 24 heavy (non-hydrogen) atoms. The number of anilines is 1. The second-order valence-corrected chi connectivity index (χ2v) is 5.70. The van der Waals surface area contributed by atoms with Gasteiger partial charge < -0.3 is 10.4 Å². The van der Waals surface area contributed by atoms with Crippen molar-refractivity contribution in [3.8, 4) is 11.1 Å². The molecule has 120 valence electrons. The fraction of sp³-hybridized carbons (Fsp3) is 0.0952. The summed E-state index contributed by atoms with van der Waals surface area (Å²) in [6, 6.07) is 24.8. The van der Waals surface area contributed by atoms with Crippen LogP contribution in [0.3, 0.4) is 0 Å². The number of carbonyl (C=O) groups excluding carboxylic acids is 1. The summed E-state index contributed by atoms with van der Waals surface area (Å²) in [5.74, 6) is -0.169. The quantitative estimate of drug-likeness (QED) is 0.735. The van der Waals surface area contributed by atoms with E-state index in [0.717, 1.165) is 16.7 Å². The van der Waals surface area contributed by atoms with Crippen molar-refractivity contribution in [2.75, 3.05) is 5.32 Å². The smallest absolute Gasteiger partial charge is 0.255 e. The predicted molar refractivity (Wildman–Crippen MR) is 96.9 cm³/mol. The number of carbonyl (C=O) groups is 1. The van der Waals surface area contributed by atoms with E-state index < -0.39 is 6.10 Å². The maximum absolute atomic E-state index is 12.4. The van der Waals surface area contributed by atoms with Gasteiger partial charge in [-0.15, -0.1) is 0 Å².